The number of amides is 2. The lowest BCUT2D eigenvalue weighted by molar-refractivity contribution is -0.124. The second-order valence-electron chi connectivity index (χ2n) is 17.3. The number of aliphatic hydroxyl groups is 2. The van der Waals surface area contributed by atoms with Gasteiger partial charge in [0.15, 0.2) is 0 Å². The molecule has 0 bridgehead atoms. The Morgan fingerprint density at radius 1 is 0.698 bits per heavy atom. The monoisotopic (exact) mass is 864 g/mol. The number of Topliss-reactive ketones (excluding diaryl/α,β-unsaturated/α-hetero) is 1. The Balaban J connectivity index is 1.24. The zero-order valence-electron chi connectivity index (χ0n) is 38.3. The van der Waals surface area contributed by atoms with E-state index in [-0.39, 0.29) is 48.6 Å². The molecule has 8 nitrogen and oxygen atoms in total. The van der Waals surface area contributed by atoms with Crippen molar-refractivity contribution in [2.24, 2.45) is 0 Å². The highest BCUT2D eigenvalue weighted by atomic mass is 19.1. The lowest BCUT2D eigenvalue weighted by Gasteiger charge is -2.20. The van der Waals surface area contributed by atoms with E-state index < -0.39 is 12.2 Å². The third-order valence-corrected chi connectivity index (χ3v) is 11.6. The van der Waals surface area contributed by atoms with Gasteiger partial charge in [0.2, 0.25) is 5.91 Å². The maximum Gasteiger partial charge on any atom is 0.258 e. The zero-order chi connectivity index (χ0) is 45.2. The summed E-state index contributed by atoms with van der Waals surface area (Å²) < 4.78 is 16.3. The minimum absolute atomic E-state index is 0.0150. The quantitative estimate of drug-likeness (QED) is 0.0297. The van der Waals surface area contributed by atoms with Gasteiger partial charge in [-0.15, -0.1) is 0 Å². The van der Waals surface area contributed by atoms with Gasteiger partial charge in [0.05, 0.1) is 29.9 Å². The number of para-hydroxylation sites is 1. The fraction of sp³-hybridized carbons (Fsp3) is 0.500. The molecule has 0 aliphatic carbocycles. The second kappa shape index (κ2) is 28.8. The standard InChI is InChI=1S/C54H74FN3O5/c1-4-5-6-7-8-9-10-11-12-13-14-15-16-17-24-30-46(59)31-25-37-56-49(62)40-48(61)39-47(60)36-38-58-52(41(2)3)51(54(63)57-45-28-22-19-23-29-45)50(42-26-20-18-21-27-42)53(58)43-32-34-44(55)35-33-43/h11-12,18-23,26-29,32-35,41,47-48,60-61H,4-10,13-17,24-25,30-31,36-40H2,1-3H3,(H,56,62)(H,57,63)/b12-11-/t47-,48-/m1/s1. The smallest absolute Gasteiger partial charge is 0.258 e. The van der Waals surface area contributed by atoms with Gasteiger partial charge in [0, 0.05) is 42.9 Å². The van der Waals surface area contributed by atoms with E-state index in [1.54, 1.807) is 12.1 Å². The number of rotatable bonds is 31. The van der Waals surface area contributed by atoms with Crippen molar-refractivity contribution in [1.29, 1.82) is 0 Å². The molecule has 2 atom stereocenters. The van der Waals surface area contributed by atoms with Crippen LogP contribution in [-0.2, 0) is 16.1 Å². The highest BCUT2D eigenvalue weighted by Crippen LogP contribution is 2.42. The van der Waals surface area contributed by atoms with Crippen molar-refractivity contribution in [2.75, 3.05) is 11.9 Å². The Kier molecular flexibility index (Phi) is 23.2. The molecule has 2 amide bonds. The molecule has 0 spiro atoms. The lowest BCUT2D eigenvalue weighted by atomic mass is 9.94. The Hall–Kier alpha value is -4.86. The van der Waals surface area contributed by atoms with E-state index in [1.807, 2.05) is 79.1 Å². The number of aromatic nitrogens is 1. The summed E-state index contributed by atoms with van der Waals surface area (Å²) in [6.07, 6.45) is 20.1. The highest BCUT2D eigenvalue weighted by Gasteiger charge is 2.31. The molecular weight excluding hydrogens is 790 g/mol. The number of nitrogens with one attached hydrogen (secondary N) is 2. The van der Waals surface area contributed by atoms with Crippen LogP contribution in [0.1, 0.15) is 165 Å². The van der Waals surface area contributed by atoms with Crippen LogP contribution >= 0.6 is 0 Å². The van der Waals surface area contributed by atoms with Crippen molar-refractivity contribution in [3.63, 3.8) is 0 Å². The predicted octanol–water partition coefficient (Wildman–Crippen LogP) is 12.7. The molecular formula is C54H74FN3O5. The van der Waals surface area contributed by atoms with Crippen LogP contribution in [0.3, 0.4) is 0 Å². The average molecular weight is 864 g/mol. The number of aliphatic hydroxyl groups excluding tert-OH is 2. The number of carbonyl (C=O) groups excluding carboxylic acids is 3. The number of hydrogen-bond acceptors (Lipinski definition) is 5. The Morgan fingerprint density at radius 3 is 1.92 bits per heavy atom. The van der Waals surface area contributed by atoms with Crippen LogP contribution < -0.4 is 10.6 Å². The molecule has 4 aromatic rings. The summed E-state index contributed by atoms with van der Waals surface area (Å²) >= 11 is 0. The van der Waals surface area contributed by atoms with Crippen molar-refractivity contribution in [2.45, 2.75) is 167 Å². The topological polar surface area (TPSA) is 121 Å². The van der Waals surface area contributed by atoms with Crippen molar-refractivity contribution in [1.82, 2.24) is 9.88 Å². The van der Waals surface area contributed by atoms with E-state index in [1.165, 1.54) is 69.9 Å². The highest BCUT2D eigenvalue weighted by molar-refractivity contribution is 6.12. The summed E-state index contributed by atoms with van der Waals surface area (Å²) in [7, 11) is 0. The van der Waals surface area contributed by atoms with Gasteiger partial charge < -0.3 is 25.4 Å². The summed E-state index contributed by atoms with van der Waals surface area (Å²) in [5.74, 6) is -0.888. The Morgan fingerprint density at radius 2 is 1.29 bits per heavy atom. The Labute approximate surface area is 376 Å². The predicted molar refractivity (Wildman–Crippen MR) is 256 cm³/mol. The van der Waals surface area contributed by atoms with E-state index in [2.05, 4.69) is 29.7 Å². The van der Waals surface area contributed by atoms with E-state index in [4.69, 9.17) is 0 Å². The first-order valence-corrected chi connectivity index (χ1v) is 23.8. The number of unbranched alkanes of at least 4 members (excludes halogenated alkanes) is 11. The minimum atomic E-state index is -1.07. The van der Waals surface area contributed by atoms with E-state index >= 15 is 0 Å². The second-order valence-corrected chi connectivity index (χ2v) is 17.3. The van der Waals surface area contributed by atoms with E-state index in [9.17, 15) is 29.0 Å². The number of benzene rings is 3. The van der Waals surface area contributed by atoms with E-state index in [0.29, 0.717) is 54.7 Å². The summed E-state index contributed by atoms with van der Waals surface area (Å²) in [5.41, 5.74) is 4.87. The molecule has 9 heteroatoms. The number of hydrogen-bond donors (Lipinski definition) is 4. The average Bonchev–Trinajstić information content (AvgIpc) is 3.62. The normalized spacial score (nSPS) is 12.5. The minimum Gasteiger partial charge on any atom is -0.393 e. The molecule has 3 aromatic carbocycles. The van der Waals surface area contributed by atoms with Gasteiger partial charge in [-0.05, 0) is 105 Å². The van der Waals surface area contributed by atoms with Gasteiger partial charge >= 0.3 is 0 Å². The van der Waals surface area contributed by atoms with Crippen LogP contribution in [0.25, 0.3) is 22.4 Å². The van der Waals surface area contributed by atoms with Crippen LogP contribution in [0.15, 0.2) is 97.1 Å². The number of carbonyl (C=O) groups is 3. The van der Waals surface area contributed by atoms with Crippen molar-refractivity contribution >= 4 is 23.3 Å². The maximum atomic E-state index is 14.3. The van der Waals surface area contributed by atoms with Crippen molar-refractivity contribution < 1.29 is 29.0 Å². The third kappa shape index (κ3) is 18.0. The molecule has 0 radical (unpaired) electrons. The third-order valence-electron chi connectivity index (χ3n) is 11.6. The van der Waals surface area contributed by atoms with Crippen LogP contribution in [0.5, 0.6) is 0 Å². The fourth-order valence-corrected chi connectivity index (χ4v) is 8.32. The molecule has 63 heavy (non-hydrogen) atoms. The van der Waals surface area contributed by atoms with Gasteiger partial charge in [-0.2, -0.15) is 0 Å². The van der Waals surface area contributed by atoms with Gasteiger partial charge in [0.1, 0.15) is 11.6 Å². The number of halogens is 1. The summed E-state index contributed by atoms with van der Waals surface area (Å²) in [4.78, 5) is 39.4. The summed E-state index contributed by atoms with van der Waals surface area (Å²) in [6.45, 7) is 6.94. The number of anilines is 1. The van der Waals surface area contributed by atoms with Crippen LogP contribution in [-0.4, -0.2) is 51.1 Å². The SMILES string of the molecule is CCCCCCCC/C=C\CCCCCCCC(=O)CCCNC(=O)C[C@H](O)C[C@H](O)CCn1c(-c2ccc(F)cc2)c(-c2ccccc2)c(C(=O)Nc2ccccc2)c1C(C)C. The molecule has 4 N–H and O–H groups in total. The fourth-order valence-electron chi connectivity index (χ4n) is 8.32. The molecule has 342 valence electrons. The lowest BCUT2D eigenvalue weighted by Crippen LogP contribution is -2.30. The molecule has 0 saturated carbocycles. The molecule has 0 fully saturated rings. The molecule has 1 heterocycles. The van der Waals surface area contributed by atoms with Gasteiger partial charge in [0.25, 0.3) is 5.91 Å². The summed E-state index contributed by atoms with van der Waals surface area (Å²) in [5, 5.41) is 27.9. The molecule has 0 unspecified atom stereocenters. The number of ketones is 1. The molecule has 0 saturated heterocycles. The van der Waals surface area contributed by atoms with Crippen LogP contribution in [0, 0.1) is 5.82 Å². The van der Waals surface area contributed by atoms with Crippen LogP contribution in [0.4, 0.5) is 10.1 Å². The van der Waals surface area contributed by atoms with Crippen molar-refractivity contribution in [3.05, 3.63) is 114 Å². The number of allylic oxidation sites excluding steroid dienone is 2. The Bertz CT molecular complexity index is 1960. The van der Waals surface area contributed by atoms with Gasteiger partial charge in [-0.3, -0.25) is 14.4 Å². The van der Waals surface area contributed by atoms with Gasteiger partial charge in [-0.25, -0.2) is 4.39 Å². The first-order chi connectivity index (χ1) is 30.6. The van der Waals surface area contributed by atoms with E-state index in [0.717, 1.165) is 42.6 Å². The first-order valence-electron chi connectivity index (χ1n) is 23.8. The molecule has 0 aliphatic heterocycles. The molecule has 4 rings (SSSR count). The number of nitrogens with zero attached hydrogens (tertiary/aromatic N) is 1. The van der Waals surface area contributed by atoms with Crippen molar-refractivity contribution in [3.8, 4) is 22.4 Å². The van der Waals surface area contributed by atoms with Gasteiger partial charge in [-0.1, -0.05) is 133 Å². The summed E-state index contributed by atoms with van der Waals surface area (Å²) in [6, 6.07) is 25.1. The molecule has 0 aliphatic rings. The zero-order valence-corrected chi connectivity index (χ0v) is 38.3. The first kappa shape index (κ1) is 50.8. The molecule has 1 aromatic heterocycles. The maximum absolute atomic E-state index is 14.3. The largest absolute Gasteiger partial charge is 0.393 e. The van der Waals surface area contributed by atoms with Crippen LogP contribution in [0.2, 0.25) is 0 Å².